The van der Waals surface area contributed by atoms with Crippen molar-refractivity contribution in [3.05, 3.63) is 76.0 Å². The number of amides is 1. The van der Waals surface area contributed by atoms with Crippen LogP contribution in [-0.4, -0.2) is 33.3 Å². The Hall–Kier alpha value is -2.79. The molecule has 2 N–H and O–H groups in total. The third kappa shape index (κ3) is 3.83. The second-order valence-electron chi connectivity index (χ2n) is 6.41. The van der Waals surface area contributed by atoms with Crippen LogP contribution < -0.4 is 0 Å². The van der Waals surface area contributed by atoms with Crippen LogP contribution in [0, 0.1) is 0 Å². The summed E-state index contributed by atoms with van der Waals surface area (Å²) in [5.41, 5.74) is 1.65. The van der Waals surface area contributed by atoms with E-state index in [0.717, 1.165) is 5.56 Å². The molecule has 1 amide bonds. The molecule has 1 aliphatic rings. The van der Waals surface area contributed by atoms with E-state index in [-0.39, 0.29) is 23.5 Å². The smallest absolute Gasteiger partial charge is 0.290 e. The second-order valence-corrected chi connectivity index (χ2v) is 6.85. The van der Waals surface area contributed by atoms with E-state index in [0.29, 0.717) is 23.6 Å². The van der Waals surface area contributed by atoms with Crippen molar-refractivity contribution in [2.45, 2.75) is 25.8 Å². The van der Waals surface area contributed by atoms with Crippen molar-refractivity contribution in [1.82, 2.24) is 4.90 Å². The topological polar surface area (TPSA) is 77.8 Å². The Labute approximate surface area is 162 Å². The zero-order valence-electron chi connectivity index (χ0n) is 14.9. The molecular formula is C21H20ClNO4. The molecule has 3 rings (SSSR count). The van der Waals surface area contributed by atoms with E-state index >= 15 is 0 Å². The standard InChI is InChI=1S/C21H20ClNO4/c1-2-17(25)18-19(14-4-3-5-16(24)12-14)23(21(27)20(18)26)11-10-13-6-8-15(22)9-7-13/h3-9,12,19,24,26H,2,10-11H2,1H3. The fourth-order valence-electron chi connectivity index (χ4n) is 3.30. The van der Waals surface area contributed by atoms with Crippen molar-refractivity contribution in [3.8, 4) is 5.75 Å². The van der Waals surface area contributed by atoms with Gasteiger partial charge in [0.05, 0.1) is 11.6 Å². The lowest BCUT2D eigenvalue weighted by atomic mass is 9.94. The summed E-state index contributed by atoms with van der Waals surface area (Å²) in [7, 11) is 0. The van der Waals surface area contributed by atoms with Crippen molar-refractivity contribution in [1.29, 1.82) is 0 Å². The molecular weight excluding hydrogens is 366 g/mol. The number of phenolic OH excluding ortho intramolecular Hbond substituents is 1. The largest absolute Gasteiger partial charge is 0.508 e. The van der Waals surface area contributed by atoms with E-state index in [9.17, 15) is 19.8 Å². The van der Waals surface area contributed by atoms with Crippen LogP contribution in [0.2, 0.25) is 5.02 Å². The summed E-state index contributed by atoms with van der Waals surface area (Å²) in [5, 5.41) is 20.8. The van der Waals surface area contributed by atoms with E-state index in [1.165, 1.54) is 17.0 Å². The molecule has 6 heteroatoms. The number of phenols is 1. The number of ketones is 1. The summed E-state index contributed by atoms with van der Waals surface area (Å²) in [6, 6.07) is 13.0. The van der Waals surface area contributed by atoms with Crippen LogP contribution >= 0.6 is 11.6 Å². The van der Waals surface area contributed by atoms with Crippen molar-refractivity contribution in [3.63, 3.8) is 0 Å². The van der Waals surface area contributed by atoms with E-state index in [1.807, 2.05) is 12.1 Å². The van der Waals surface area contributed by atoms with Crippen LogP contribution in [-0.2, 0) is 16.0 Å². The highest BCUT2D eigenvalue weighted by atomic mass is 35.5. The summed E-state index contributed by atoms with van der Waals surface area (Å²) in [6.45, 7) is 1.99. The molecule has 1 atom stereocenters. The maximum absolute atomic E-state index is 12.7. The number of aromatic hydroxyl groups is 1. The highest BCUT2D eigenvalue weighted by molar-refractivity contribution is 6.30. The van der Waals surface area contributed by atoms with Gasteiger partial charge in [-0.15, -0.1) is 0 Å². The van der Waals surface area contributed by atoms with Crippen molar-refractivity contribution in [2.75, 3.05) is 6.54 Å². The van der Waals surface area contributed by atoms with Gasteiger partial charge in [0, 0.05) is 18.0 Å². The summed E-state index contributed by atoms with van der Waals surface area (Å²) in [4.78, 5) is 26.6. The van der Waals surface area contributed by atoms with E-state index in [4.69, 9.17) is 11.6 Å². The molecule has 0 saturated heterocycles. The van der Waals surface area contributed by atoms with Gasteiger partial charge in [-0.2, -0.15) is 0 Å². The molecule has 0 bridgehead atoms. The summed E-state index contributed by atoms with van der Waals surface area (Å²) in [6.07, 6.45) is 0.714. The first-order chi connectivity index (χ1) is 12.9. The number of nitrogens with zero attached hydrogens (tertiary/aromatic N) is 1. The Balaban J connectivity index is 1.94. The quantitative estimate of drug-likeness (QED) is 0.788. The van der Waals surface area contributed by atoms with E-state index < -0.39 is 17.7 Å². The SMILES string of the molecule is CCC(=O)C1=C(O)C(=O)N(CCc2ccc(Cl)cc2)C1c1cccc(O)c1. The molecule has 2 aromatic rings. The monoisotopic (exact) mass is 385 g/mol. The first-order valence-electron chi connectivity index (χ1n) is 8.73. The van der Waals surface area contributed by atoms with E-state index in [2.05, 4.69) is 0 Å². The number of benzene rings is 2. The molecule has 5 nitrogen and oxygen atoms in total. The first kappa shape index (κ1) is 19.0. The number of Topliss-reactive ketones (excluding diaryl/α,β-unsaturated/α-hetero) is 1. The van der Waals surface area contributed by atoms with Crippen LogP contribution in [0.25, 0.3) is 0 Å². The Morgan fingerprint density at radius 2 is 1.85 bits per heavy atom. The van der Waals surface area contributed by atoms with Gasteiger partial charge in [-0.3, -0.25) is 9.59 Å². The fraction of sp³-hybridized carbons (Fsp3) is 0.238. The Kier molecular flexibility index (Phi) is 5.51. The van der Waals surface area contributed by atoms with Crippen molar-refractivity contribution >= 4 is 23.3 Å². The van der Waals surface area contributed by atoms with Gasteiger partial charge in [-0.25, -0.2) is 0 Å². The molecule has 0 saturated carbocycles. The highest BCUT2D eigenvalue weighted by Gasteiger charge is 2.42. The maximum atomic E-state index is 12.7. The summed E-state index contributed by atoms with van der Waals surface area (Å²) in [5.74, 6) is -1.34. The maximum Gasteiger partial charge on any atom is 0.290 e. The summed E-state index contributed by atoms with van der Waals surface area (Å²) >= 11 is 5.90. The molecule has 0 radical (unpaired) electrons. The lowest BCUT2D eigenvalue weighted by Gasteiger charge is -2.27. The molecule has 2 aromatic carbocycles. The number of carbonyl (C=O) groups is 2. The van der Waals surface area contributed by atoms with Gasteiger partial charge in [0.2, 0.25) is 0 Å². The number of aliphatic hydroxyl groups excluding tert-OH is 1. The van der Waals surface area contributed by atoms with Gasteiger partial charge in [-0.05, 0) is 41.8 Å². The van der Waals surface area contributed by atoms with Crippen LogP contribution in [0.1, 0.15) is 30.5 Å². The van der Waals surface area contributed by atoms with Gasteiger partial charge in [0.15, 0.2) is 11.5 Å². The lowest BCUT2D eigenvalue weighted by Crippen LogP contribution is -2.33. The fourth-order valence-corrected chi connectivity index (χ4v) is 3.43. The third-order valence-corrected chi connectivity index (χ3v) is 4.92. The van der Waals surface area contributed by atoms with Crippen LogP contribution in [0.4, 0.5) is 0 Å². The van der Waals surface area contributed by atoms with Gasteiger partial charge >= 0.3 is 0 Å². The number of halogens is 1. The Morgan fingerprint density at radius 1 is 1.15 bits per heavy atom. The zero-order chi connectivity index (χ0) is 19.6. The predicted molar refractivity (Wildman–Crippen MR) is 103 cm³/mol. The molecule has 1 unspecified atom stereocenters. The van der Waals surface area contributed by atoms with Crippen LogP contribution in [0.5, 0.6) is 5.75 Å². The average Bonchev–Trinajstić information content (AvgIpc) is 2.91. The Bertz CT molecular complexity index is 905. The number of hydrogen-bond acceptors (Lipinski definition) is 4. The second kappa shape index (κ2) is 7.84. The van der Waals surface area contributed by atoms with E-state index in [1.54, 1.807) is 31.2 Å². The molecule has 1 heterocycles. The lowest BCUT2D eigenvalue weighted by molar-refractivity contribution is -0.129. The molecule has 0 aromatic heterocycles. The molecule has 0 aliphatic carbocycles. The Morgan fingerprint density at radius 3 is 2.48 bits per heavy atom. The first-order valence-corrected chi connectivity index (χ1v) is 9.10. The van der Waals surface area contributed by atoms with Crippen LogP contribution in [0.3, 0.4) is 0 Å². The zero-order valence-corrected chi connectivity index (χ0v) is 15.6. The molecule has 0 fully saturated rings. The minimum atomic E-state index is -0.718. The number of carbonyl (C=O) groups excluding carboxylic acids is 2. The van der Waals surface area contributed by atoms with Gasteiger partial charge in [0.25, 0.3) is 5.91 Å². The highest BCUT2D eigenvalue weighted by Crippen LogP contribution is 2.39. The summed E-state index contributed by atoms with van der Waals surface area (Å²) < 4.78 is 0. The normalized spacial score (nSPS) is 16.9. The van der Waals surface area contributed by atoms with Crippen molar-refractivity contribution < 1.29 is 19.8 Å². The molecule has 140 valence electrons. The molecule has 0 spiro atoms. The minimum absolute atomic E-state index is 0.0345. The van der Waals surface area contributed by atoms with Gasteiger partial charge < -0.3 is 15.1 Å². The average molecular weight is 386 g/mol. The van der Waals surface area contributed by atoms with Crippen molar-refractivity contribution in [2.24, 2.45) is 0 Å². The predicted octanol–water partition coefficient (Wildman–Crippen LogP) is 3.96. The number of aliphatic hydroxyl groups is 1. The van der Waals surface area contributed by atoms with Gasteiger partial charge in [-0.1, -0.05) is 42.8 Å². The van der Waals surface area contributed by atoms with Crippen LogP contribution in [0.15, 0.2) is 59.9 Å². The number of hydrogen-bond donors (Lipinski definition) is 2. The third-order valence-electron chi connectivity index (χ3n) is 4.67. The minimum Gasteiger partial charge on any atom is -0.508 e. The number of rotatable bonds is 6. The molecule has 1 aliphatic heterocycles. The molecule has 27 heavy (non-hydrogen) atoms. The van der Waals surface area contributed by atoms with Gasteiger partial charge in [0.1, 0.15) is 5.75 Å².